The van der Waals surface area contributed by atoms with Crippen LogP contribution in [-0.4, -0.2) is 26.8 Å². The maximum absolute atomic E-state index is 5.11. The highest BCUT2D eigenvalue weighted by atomic mass is 16.5. The lowest BCUT2D eigenvalue weighted by molar-refractivity contribution is 0.198. The summed E-state index contributed by atoms with van der Waals surface area (Å²) < 4.78 is 5.11. The number of hydrogen-bond acceptors (Lipinski definition) is 2. The molecule has 2 heteroatoms. The van der Waals surface area contributed by atoms with Crippen molar-refractivity contribution in [1.29, 1.82) is 0 Å². The van der Waals surface area contributed by atoms with Crippen LogP contribution in [-0.2, 0) is 4.74 Å². The first-order chi connectivity index (χ1) is 10.3. The Kier molecular flexibility index (Phi) is 10.2. The molecule has 2 nitrogen and oxygen atoms in total. The molecule has 1 N–H and O–H groups in total. The van der Waals surface area contributed by atoms with Crippen LogP contribution in [0.4, 0.5) is 0 Å². The molecule has 0 aliphatic heterocycles. The summed E-state index contributed by atoms with van der Waals surface area (Å²) in [6.07, 6.45) is 8.07. The van der Waals surface area contributed by atoms with E-state index in [4.69, 9.17) is 4.74 Å². The maximum Gasteiger partial charge on any atom is 0.0587 e. The third-order valence-corrected chi connectivity index (χ3v) is 4.08. The van der Waals surface area contributed by atoms with Gasteiger partial charge in [-0.3, -0.25) is 0 Å². The van der Waals surface area contributed by atoms with E-state index in [0.29, 0.717) is 5.92 Å². The first kappa shape index (κ1) is 18.2. The molecule has 0 spiro atoms. The summed E-state index contributed by atoms with van der Waals surface area (Å²) in [7, 11) is 1.76. The third-order valence-electron chi connectivity index (χ3n) is 4.08. The van der Waals surface area contributed by atoms with Gasteiger partial charge in [-0.25, -0.2) is 0 Å². The van der Waals surface area contributed by atoms with Gasteiger partial charge in [-0.1, -0.05) is 68.9 Å². The van der Waals surface area contributed by atoms with E-state index in [1.165, 1.54) is 49.7 Å². The molecular formula is C19H33NO. The zero-order valence-electron chi connectivity index (χ0n) is 14.2. The zero-order chi connectivity index (χ0) is 15.3. The Hall–Kier alpha value is -0.860. The molecule has 0 aromatic heterocycles. The summed E-state index contributed by atoms with van der Waals surface area (Å²) in [6, 6.07) is 9.05. The SMILES string of the molecule is CCCCCCCC(CNCCOC)c1ccc(C)cc1. The maximum atomic E-state index is 5.11. The van der Waals surface area contributed by atoms with Crippen LogP contribution in [0.25, 0.3) is 0 Å². The highest BCUT2D eigenvalue weighted by molar-refractivity contribution is 5.24. The largest absolute Gasteiger partial charge is 0.383 e. The summed E-state index contributed by atoms with van der Waals surface area (Å²) in [5.74, 6) is 0.629. The molecule has 0 radical (unpaired) electrons. The lowest BCUT2D eigenvalue weighted by Gasteiger charge is -2.18. The number of ether oxygens (including phenoxy) is 1. The van der Waals surface area contributed by atoms with E-state index in [-0.39, 0.29) is 0 Å². The summed E-state index contributed by atoms with van der Waals surface area (Å²) in [4.78, 5) is 0. The Morgan fingerprint density at radius 2 is 1.76 bits per heavy atom. The van der Waals surface area contributed by atoms with E-state index in [2.05, 4.69) is 43.4 Å². The Bertz CT molecular complexity index is 347. The summed E-state index contributed by atoms with van der Waals surface area (Å²) in [5, 5.41) is 3.53. The van der Waals surface area contributed by atoms with Gasteiger partial charge in [-0.05, 0) is 24.8 Å². The van der Waals surface area contributed by atoms with Gasteiger partial charge in [0.2, 0.25) is 0 Å². The van der Waals surface area contributed by atoms with Gasteiger partial charge >= 0.3 is 0 Å². The molecule has 1 aromatic carbocycles. The van der Waals surface area contributed by atoms with Gasteiger partial charge in [0.1, 0.15) is 0 Å². The minimum atomic E-state index is 0.629. The number of unbranched alkanes of at least 4 members (excludes halogenated alkanes) is 4. The van der Waals surface area contributed by atoms with Crippen LogP contribution in [0.15, 0.2) is 24.3 Å². The molecular weight excluding hydrogens is 258 g/mol. The first-order valence-corrected chi connectivity index (χ1v) is 8.54. The molecule has 0 saturated carbocycles. The van der Waals surface area contributed by atoms with Crippen LogP contribution >= 0.6 is 0 Å². The molecule has 0 heterocycles. The molecule has 1 atom stereocenters. The lowest BCUT2D eigenvalue weighted by atomic mass is 9.92. The quantitative estimate of drug-likeness (QED) is 0.565. The van der Waals surface area contributed by atoms with Crippen molar-refractivity contribution in [2.45, 2.75) is 58.3 Å². The lowest BCUT2D eigenvalue weighted by Crippen LogP contribution is -2.25. The fourth-order valence-electron chi connectivity index (χ4n) is 2.67. The van der Waals surface area contributed by atoms with E-state index in [1.54, 1.807) is 7.11 Å². The fraction of sp³-hybridized carbons (Fsp3) is 0.684. The first-order valence-electron chi connectivity index (χ1n) is 8.54. The number of hydrogen-bond donors (Lipinski definition) is 1. The number of methoxy groups -OCH3 is 1. The van der Waals surface area contributed by atoms with Crippen LogP contribution in [0.5, 0.6) is 0 Å². The van der Waals surface area contributed by atoms with Crippen molar-refractivity contribution in [3.8, 4) is 0 Å². The normalized spacial score (nSPS) is 12.5. The van der Waals surface area contributed by atoms with Crippen molar-refractivity contribution in [2.24, 2.45) is 0 Å². The molecule has 0 aliphatic rings. The predicted molar refractivity (Wildman–Crippen MR) is 92.0 cm³/mol. The second-order valence-corrected chi connectivity index (χ2v) is 6.01. The number of aryl methyl sites for hydroxylation is 1. The van der Waals surface area contributed by atoms with Crippen LogP contribution in [0.3, 0.4) is 0 Å². The molecule has 0 amide bonds. The van der Waals surface area contributed by atoms with E-state index in [9.17, 15) is 0 Å². The Morgan fingerprint density at radius 3 is 2.43 bits per heavy atom. The van der Waals surface area contributed by atoms with Crippen LogP contribution in [0, 0.1) is 6.92 Å². The van der Waals surface area contributed by atoms with Gasteiger partial charge in [-0.15, -0.1) is 0 Å². The van der Waals surface area contributed by atoms with Gasteiger partial charge < -0.3 is 10.1 Å². The van der Waals surface area contributed by atoms with Crippen molar-refractivity contribution in [2.75, 3.05) is 26.8 Å². The van der Waals surface area contributed by atoms with Crippen molar-refractivity contribution < 1.29 is 4.74 Å². The smallest absolute Gasteiger partial charge is 0.0587 e. The molecule has 0 bridgehead atoms. The molecule has 0 saturated heterocycles. The summed E-state index contributed by atoms with van der Waals surface area (Å²) >= 11 is 0. The Morgan fingerprint density at radius 1 is 1.05 bits per heavy atom. The molecule has 120 valence electrons. The molecule has 1 rings (SSSR count). The highest BCUT2D eigenvalue weighted by Crippen LogP contribution is 2.22. The van der Waals surface area contributed by atoms with Gasteiger partial charge in [0, 0.05) is 20.2 Å². The third kappa shape index (κ3) is 8.23. The van der Waals surface area contributed by atoms with Crippen LogP contribution in [0.1, 0.15) is 62.5 Å². The van der Waals surface area contributed by atoms with E-state index in [1.807, 2.05) is 0 Å². The van der Waals surface area contributed by atoms with Crippen LogP contribution < -0.4 is 5.32 Å². The zero-order valence-corrected chi connectivity index (χ0v) is 14.2. The number of rotatable bonds is 12. The standard InChI is InChI=1S/C19H33NO/c1-4-5-6-7-8-9-19(16-20-14-15-21-3)18-12-10-17(2)11-13-18/h10-13,19-20H,4-9,14-16H2,1-3H3. The van der Waals surface area contributed by atoms with E-state index in [0.717, 1.165) is 19.7 Å². The van der Waals surface area contributed by atoms with Crippen molar-refractivity contribution in [1.82, 2.24) is 5.32 Å². The van der Waals surface area contributed by atoms with Crippen molar-refractivity contribution in [3.63, 3.8) is 0 Å². The van der Waals surface area contributed by atoms with Crippen LogP contribution in [0.2, 0.25) is 0 Å². The Balaban J connectivity index is 2.43. The minimum absolute atomic E-state index is 0.629. The fourth-order valence-corrected chi connectivity index (χ4v) is 2.67. The minimum Gasteiger partial charge on any atom is -0.383 e. The van der Waals surface area contributed by atoms with Gasteiger partial charge in [-0.2, -0.15) is 0 Å². The molecule has 1 aromatic rings. The second-order valence-electron chi connectivity index (χ2n) is 6.01. The molecule has 1 unspecified atom stereocenters. The summed E-state index contributed by atoms with van der Waals surface area (Å²) in [6.45, 7) is 7.21. The topological polar surface area (TPSA) is 21.3 Å². The predicted octanol–water partition coefficient (Wildman–Crippen LogP) is 4.68. The van der Waals surface area contributed by atoms with Gasteiger partial charge in [0.05, 0.1) is 6.61 Å². The summed E-state index contributed by atoms with van der Waals surface area (Å²) in [5.41, 5.74) is 2.81. The average Bonchev–Trinajstić information content (AvgIpc) is 2.50. The molecule has 0 aliphatic carbocycles. The Labute approximate surface area is 131 Å². The van der Waals surface area contributed by atoms with Crippen molar-refractivity contribution in [3.05, 3.63) is 35.4 Å². The van der Waals surface area contributed by atoms with Gasteiger partial charge in [0.15, 0.2) is 0 Å². The molecule has 21 heavy (non-hydrogen) atoms. The number of benzene rings is 1. The second kappa shape index (κ2) is 11.8. The van der Waals surface area contributed by atoms with E-state index < -0.39 is 0 Å². The highest BCUT2D eigenvalue weighted by Gasteiger charge is 2.10. The average molecular weight is 291 g/mol. The van der Waals surface area contributed by atoms with Crippen molar-refractivity contribution >= 4 is 0 Å². The van der Waals surface area contributed by atoms with Gasteiger partial charge in [0.25, 0.3) is 0 Å². The number of nitrogens with one attached hydrogen (secondary N) is 1. The van der Waals surface area contributed by atoms with E-state index >= 15 is 0 Å². The monoisotopic (exact) mass is 291 g/mol. The molecule has 0 fully saturated rings.